The molecule has 0 spiro atoms. The molecule has 1 heterocycles. The van der Waals surface area contributed by atoms with E-state index in [1.165, 1.54) is 0 Å². The highest BCUT2D eigenvalue weighted by atomic mass is 35.5. The quantitative estimate of drug-likeness (QED) is 0.566. The Labute approximate surface area is 128 Å². The molecule has 1 amide bonds. The number of nitrogens with one attached hydrogen (secondary N) is 2. The van der Waals surface area contributed by atoms with Gasteiger partial charge in [0, 0.05) is 17.5 Å². The molecule has 5 nitrogen and oxygen atoms in total. The van der Waals surface area contributed by atoms with Crippen molar-refractivity contribution in [1.29, 1.82) is 0 Å². The second-order valence-electron chi connectivity index (χ2n) is 4.83. The minimum absolute atomic E-state index is 0.00667. The number of anilines is 1. The van der Waals surface area contributed by atoms with Crippen LogP contribution in [0.3, 0.4) is 0 Å². The molecule has 0 aliphatic heterocycles. The van der Waals surface area contributed by atoms with Crippen LogP contribution < -0.4 is 16.6 Å². The van der Waals surface area contributed by atoms with Gasteiger partial charge in [-0.3, -0.25) is 10.6 Å². The average Bonchev–Trinajstić information content (AvgIpc) is 2.98. The Balaban J connectivity index is 1.95. The number of nitrogens with two attached hydrogens (primary N) is 1. The highest BCUT2D eigenvalue weighted by Gasteiger charge is 2.14. The number of carbonyl (C=O) groups is 1. The Kier molecular flexibility index (Phi) is 5.25. The van der Waals surface area contributed by atoms with Crippen LogP contribution in [0.5, 0.6) is 0 Å². The first-order chi connectivity index (χ1) is 10.1. The number of hydrazine groups is 1. The Hall–Kier alpha value is -1.98. The van der Waals surface area contributed by atoms with Gasteiger partial charge in [-0.1, -0.05) is 11.6 Å². The van der Waals surface area contributed by atoms with Crippen molar-refractivity contribution in [2.75, 3.05) is 5.43 Å². The highest BCUT2D eigenvalue weighted by molar-refractivity contribution is 6.31. The lowest BCUT2D eigenvalue weighted by Gasteiger charge is -2.15. The zero-order valence-corrected chi connectivity index (χ0v) is 12.5. The number of furan rings is 1. The molecule has 6 heteroatoms. The first-order valence-electron chi connectivity index (χ1n) is 6.69. The van der Waals surface area contributed by atoms with Gasteiger partial charge in [0.1, 0.15) is 5.76 Å². The monoisotopic (exact) mass is 307 g/mol. The second-order valence-corrected chi connectivity index (χ2v) is 5.26. The van der Waals surface area contributed by atoms with Gasteiger partial charge < -0.3 is 15.2 Å². The molecular weight excluding hydrogens is 290 g/mol. The molecule has 1 atom stereocenters. The van der Waals surface area contributed by atoms with Crippen LogP contribution in [0.25, 0.3) is 0 Å². The predicted octanol–water partition coefficient (Wildman–Crippen LogP) is 2.97. The van der Waals surface area contributed by atoms with E-state index >= 15 is 0 Å². The fourth-order valence-electron chi connectivity index (χ4n) is 2.02. The van der Waals surface area contributed by atoms with Gasteiger partial charge in [-0.15, -0.1) is 0 Å². The highest BCUT2D eigenvalue weighted by Crippen LogP contribution is 2.20. The van der Waals surface area contributed by atoms with Crippen molar-refractivity contribution in [2.24, 2.45) is 5.84 Å². The summed E-state index contributed by atoms with van der Waals surface area (Å²) in [5, 5.41) is 3.41. The van der Waals surface area contributed by atoms with Crippen LogP contribution in [0.4, 0.5) is 5.69 Å². The Morgan fingerprint density at radius 1 is 1.43 bits per heavy atom. The van der Waals surface area contributed by atoms with Crippen LogP contribution in [0.15, 0.2) is 41.0 Å². The number of aryl methyl sites for hydroxylation is 1. The number of rotatable bonds is 6. The van der Waals surface area contributed by atoms with E-state index in [0.717, 1.165) is 18.6 Å². The number of hydrogen-bond acceptors (Lipinski definition) is 4. The van der Waals surface area contributed by atoms with Crippen LogP contribution in [-0.2, 0) is 6.42 Å². The molecule has 1 unspecified atom stereocenters. The second kappa shape index (κ2) is 7.15. The Morgan fingerprint density at radius 2 is 2.24 bits per heavy atom. The number of nitrogen functional groups attached to an aromatic ring is 1. The third-order valence-electron chi connectivity index (χ3n) is 3.16. The summed E-state index contributed by atoms with van der Waals surface area (Å²) in [6.07, 6.45) is 3.20. The molecule has 21 heavy (non-hydrogen) atoms. The van der Waals surface area contributed by atoms with Crippen molar-refractivity contribution in [3.63, 3.8) is 0 Å². The van der Waals surface area contributed by atoms with Gasteiger partial charge in [-0.25, -0.2) is 0 Å². The molecule has 0 radical (unpaired) electrons. The van der Waals surface area contributed by atoms with E-state index in [1.807, 2.05) is 19.1 Å². The van der Waals surface area contributed by atoms with Gasteiger partial charge in [0.15, 0.2) is 0 Å². The summed E-state index contributed by atoms with van der Waals surface area (Å²) in [7, 11) is 0. The van der Waals surface area contributed by atoms with Crippen molar-refractivity contribution in [2.45, 2.75) is 25.8 Å². The Bertz CT molecular complexity index is 599. The summed E-state index contributed by atoms with van der Waals surface area (Å²) in [5.41, 5.74) is 3.46. The molecule has 0 fully saturated rings. The predicted molar refractivity (Wildman–Crippen MR) is 83.2 cm³/mol. The summed E-state index contributed by atoms with van der Waals surface area (Å²) in [6.45, 7) is 1.95. The lowest BCUT2D eigenvalue weighted by molar-refractivity contribution is 0.0939. The van der Waals surface area contributed by atoms with Crippen LogP contribution in [-0.4, -0.2) is 11.9 Å². The standard InChI is InChI=1S/C15H18ClN3O2/c1-10(4-6-12-3-2-8-21-12)18-15(20)13-9-11(16)5-7-14(13)19-17/h2-3,5,7-10,19H,4,6,17H2,1H3,(H,18,20). The van der Waals surface area contributed by atoms with Gasteiger partial charge in [-0.05, 0) is 43.7 Å². The maximum Gasteiger partial charge on any atom is 0.253 e. The molecule has 1 aromatic carbocycles. The smallest absolute Gasteiger partial charge is 0.253 e. The third kappa shape index (κ3) is 4.24. The molecule has 0 saturated carbocycles. The van der Waals surface area contributed by atoms with Gasteiger partial charge >= 0.3 is 0 Å². The summed E-state index contributed by atoms with van der Waals surface area (Å²) in [5.74, 6) is 6.10. The molecule has 4 N–H and O–H groups in total. The molecule has 112 valence electrons. The van der Waals surface area contributed by atoms with E-state index in [4.69, 9.17) is 21.9 Å². The van der Waals surface area contributed by atoms with Crippen LogP contribution in [0, 0.1) is 0 Å². The maximum absolute atomic E-state index is 12.3. The van der Waals surface area contributed by atoms with Crippen molar-refractivity contribution in [1.82, 2.24) is 5.32 Å². The SMILES string of the molecule is CC(CCc1ccco1)NC(=O)c1cc(Cl)ccc1NN. The average molecular weight is 308 g/mol. The van der Waals surface area contributed by atoms with Gasteiger partial charge in [-0.2, -0.15) is 0 Å². The molecule has 0 aliphatic rings. The van der Waals surface area contributed by atoms with E-state index in [0.29, 0.717) is 16.3 Å². The van der Waals surface area contributed by atoms with Crippen molar-refractivity contribution < 1.29 is 9.21 Å². The van der Waals surface area contributed by atoms with Crippen LogP contribution in [0.2, 0.25) is 5.02 Å². The van der Waals surface area contributed by atoms with E-state index in [9.17, 15) is 4.79 Å². The van der Waals surface area contributed by atoms with Gasteiger partial charge in [0.25, 0.3) is 5.91 Å². The first-order valence-corrected chi connectivity index (χ1v) is 7.07. The molecular formula is C15H18ClN3O2. The summed E-state index contributed by atoms with van der Waals surface area (Å²) >= 11 is 5.92. The molecule has 0 bridgehead atoms. The molecule has 0 saturated heterocycles. The molecule has 2 rings (SSSR count). The van der Waals surface area contributed by atoms with Crippen LogP contribution >= 0.6 is 11.6 Å². The van der Waals surface area contributed by atoms with E-state index in [-0.39, 0.29) is 11.9 Å². The number of halogens is 1. The van der Waals surface area contributed by atoms with E-state index in [1.54, 1.807) is 24.5 Å². The first kappa shape index (κ1) is 15.4. The van der Waals surface area contributed by atoms with Crippen molar-refractivity contribution in [3.05, 3.63) is 52.9 Å². The van der Waals surface area contributed by atoms with E-state index < -0.39 is 0 Å². The van der Waals surface area contributed by atoms with Crippen LogP contribution in [0.1, 0.15) is 29.5 Å². The summed E-state index contributed by atoms with van der Waals surface area (Å²) in [6, 6.07) is 8.71. The zero-order valence-electron chi connectivity index (χ0n) is 11.7. The third-order valence-corrected chi connectivity index (χ3v) is 3.40. The lowest BCUT2D eigenvalue weighted by Crippen LogP contribution is -2.33. The number of hydrogen-bond donors (Lipinski definition) is 3. The van der Waals surface area contributed by atoms with Crippen molar-refractivity contribution in [3.8, 4) is 0 Å². The number of benzene rings is 1. The summed E-state index contributed by atoms with van der Waals surface area (Å²) in [4.78, 5) is 12.3. The molecule has 0 aliphatic carbocycles. The topological polar surface area (TPSA) is 80.3 Å². The molecule has 2 aromatic rings. The normalized spacial score (nSPS) is 12.0. The zero-order chi connectivity index (χ0) is 15.2. The van der Waals surface area contributed by atoms with Gasteiger partial charge in [0.05, 0.1) is 17.5 Å². The largest absolute Gasteiger partial charge is 0.469 e. The van der Waals surface area contributed by atoms with Crippen molar-refractivity contribution >= 4 is 23.2 Å². The lowest BCUT2D eigenvalue weighted by atomic mass is 10.1. The molecule has 1 aromatic heterocycles. The Morgan fingerprint density at radius 3 is 2.90 bits per heavy atom. The fourth-order valence-corrected chi connectivity index (χ4v) is 2.19. The van der Waals surface area contributed by atoms with E-state index in [2.05, 4.69) is 10.7 Å². The number of amides is 1. The summed E-state index contributed by atoms with van der Waals surface area (Å²) < 4.78 is 5.27. The fraction of sp³-hybridized carbons (Fsp3) is 0.267. The minimum atomic E-state index is -0.211. The maximum atomic E-state index is 12.3. The van der Waals surface area contributed by atoms with Gasteiger partial charge in [0.2, 0.25) is 0 Å². The minimum Gasteiger partial charge on any atom is -0.469 e. The number of carbonyl (C=O) groups excluding carboxylic acids is 1.